The Hall–Kier alpha value is -1.88. The minimum atomic E-state index is -0.475. The summed E-state index contributed by atoms with van der Waals surface area (Å²) in [5, 5.41) is 15.5. The average Bonchev–Trinajstić information content (AvgIpc) is 2.67. The molecule has 19 heavy (non-hydrogen) atoms. The Kier molecular flexibility index (Phi) is 3.57. The number of halogens is 1. The van der Waals surface area contributed by atoms with Crippen LogP contribution in [0.1, 0.15) is 31.0 Å². The summed E-state index contributed by atoms with van der Waals surface area (Å²) in [6.45, 7) is 5.65. The molecule has 1 aromatic carbocycles. The molecule has 0 N–H and O–H groups in total. The number of nitrogens with zero attached hydrogens (tertiary/aromatic N) is 3. The van der Waals surface area contributed by atoms with Crippen LogP contribution in [0.25, 0.3) is 5.69 Å². The summed E-state index contributed by atoms with van der Waals surface area (Å²) < 4.78 is 1.42. The van der Waals surface area contributed by atoms with Gasteiger partial charge >= 0.3 is 5.69 Å². The third kappa shape index (κ3) is 2.46. The van der Waals surface area contributed by atoms with Gasteiger partial charge in [-0.1, -0.05) is 37.6 Å². The number of nitro groups is 1. The lowest BCUT2D eigenvalue weighted by molar-refractivity contribution is -0.385. The highest BCUT2D eigenvalue weighted by Crippen LogP contribution is 2.34. The van der Waals surface area contributed by atoms with Crippen molar-refractivity contribution in [3.05, 3.63) is 50.8 Å². The number of benzene rings is 1. The van der Waals surface area contributed by atoms with Crippen LogP contribution in [0.3, 0.4) is 0 Å². The van der Waals surface area contributed by atoms with Crippen LogP contribution in [0.15, 0.2) is 24.3 Å². The second-order valence-corrected chi connectivity index (χ2v) is 5.05. The zero-order valence-electron chi connectivity index (χ0n) is 10.9. The molecule has 100 valence electrons. The number of hydrogen-bond donors (Lipinski definition) is 0. The highest BCUT2D eigenvalue weighted by atomic mass is 35.5. The minimum absolute atomic E-state index is 0.0410. The monoisotopic (exact) mass is 279 g/mol. The Morgan fingerprint density at radius 3 is 2.58 bits per heavy atom. The van der Waals surface area contributed by atoms with Crippen LogP contribution < -0.4 is 0 Å². The van der Waals surface area contributed by atoms with Crippen molar-refractivity contribution >= 4 is 17.3 Å². The molecule has 0 saturated heterocycles. The molecule has 0 radical (unpaired) electrons. The zero-order chi connectivity index (χ0) is 14.2. The molecule has 2 rings (SSSR count). The topological polar surface area (TPSA) is 61.0 Å². The van der Waals surface area contributed by atoms with E-state index in [9.17, 15) is 10.1 Å². The van der Waals surface area contributed by atoms with E-state index in [1.165, 1.54) is 4.68 Å². The third-order valence-corrected chi connectivity index (χ3v) is 3.15. The first kappa shape index (κ1) is 13.5. The van der Waals surface area contributed by atoms with E-state index >= 15 is 0 Å². The molecule has 0 atom stereocenters. The van der Waals surface area contributed by atoms with E-state index in [1.54, 1.807) is 0 Å². The standard InChI is InChI=1S/C13H14ClN3O2/c1-8(2)11-12(17(18)19)13(14)16(15-11)10-6-4-5-9(3)7-10/h4-8H,1-3H3. The van der Waals surface area contributed by atoms with E-state index in [4.69, 9.17) is 11.6 Å². The van der Waals surface area contributed by atoms with E-state index in [2.05, 4.69) is 5.10 Å². The van der Waals surface area contributed by atoms with Gasteiger partial charge < -0.3 is 0 Å². The molecule has 6 heteroatoms. The highest BCUT2D eigenvalue weighted by molar-refractivity contribution is 6.32. The highest BCUT2D eigenvalue weighted by Gasteiger charge is 2.28. The smallest absolute Gasteiger partial charge is 0.258 e. The maximum atomic E-state index is 11.1. The van der Waals surface area contributed by atoms with Crippen LogP contribution in [0, 0.1) is 17.0 Å². The molecular formula is C13H14ClN3O2. The van der Waals surface area contributed by atoms with E-state index < -0.39 is 4.92 Å². The summed E-state index contributed by atoms with van der Waals surface area (Å²) in [4.78, 5) is 10.7. The van der Waals surface area contributed by atoms with Crippen LogP contribution >= 0.6 is 11.6 Å². The van der Waals surface area contributed by atoms with Crippen molar-refractivity contribution in [2.75, 3.05) is 0 Å². The molecular weight excluding hydrogens is 266 g/mol. The summed E-state index contributed by atoms with van der Waals surface area (Å²) >= 11 is 6.11. The van der Waals surface area contributed by atoms with Crippen molar-refractivity contribution in [3.8, 4) is 5.69 Å². The van der Waals surface area contributed by atoms with Gasteiger partial charge in [0.2, 0.25) is 5.15 Å². The zero-order valence-corrected chi connectivity index (χ0v) is 11.7. The predicted octanol–water partition coefficient (Wildman–Crippen LogP) is 3.87. The van der Waals surface area contributed by atoms with Crippen molar-refractivity contribution in [3.63, 3.8) is 0 Å². The molecule has 0 bridgehead atoms. The van der Waals surface area contributed by atoms with Gasteiger partial charge in [0.25, 0.3) is 0 Å². The first-order valence-electron chi connectivity index (χ1n) is 5.91. The molecule has 0 amide bonds. The Bertz CT molecular complexity index is 635. The summed E-state index contributed by atoms with van der Waals surface area (Å²) in [5.74, 6) is -0.0658. The van der Waals surface area contributed by atoms with Gasteiger partial charge in [-0.25, -0.2) is 4.68 Å². The van der Waals surface area contributed by atoms with Crippen LogP contribution in [0.4, 0.5) is 5.69 Å². The van der Waals surface area contributed by atoms with Gasteiger partial charge in [-0.15, -0.1) is 0 Å². The molecule has 1 aromatic heterocycles. The maximum Gasteiger partial charge on any atom is 0.329 e. The van der Waals surface area contributed by atoms with E-state index in [1.807, 2.05) is 45.0 Å². The maximum absolute atomic E-state index is 11.1. The Morgan fingerprint density at radius 1 is 1.42 bits per heavy atom. The second kappa shape index (κ2) is 5.01. The van der Waals surface area contributed by atoms with Gasteiger partial charge in [0, 0.05) is 5.92 Å². The molecule has 0 spiro atoms. The first-order chi connectivity index (χ1) is 8.91. The van der Waals surface area contributed by atoms with Crippen molar-refractivity contribution in [1.29, 1.82) is 0 Å². The molecule has 0 aliphatic carbocycles. The summed E-state index contributed by atoms with van der Waals surface area (Å²) in [6, 6.07) is 7.51. The average molecular weight is 280 g/mol. The molecule has 0 aliphatic heterocycles. The fourth-order valence-corrected chi connectivity index (χ4v) is 2.19. The lowest BCUT2D eigenvalue weighted by Gasteiger charge is -2.03. The lowest BCUT2D eigenvalue weighted by atomic mass is 10.1. The van der Waals surface area contributed by atoms with Gasteiger partial charge in [0.1, 0.15) is 5.69 Å². The molecule has 1 heterocycles. The molecule has 0 fully saturated rings. The summed E-state index contributed by atoms with van der Waals surface area (Å²) in [6.07, 6.45) is 0. The molecule has 5 nitrogen and oxygen atoms in total. The van der Waals surface area contributed by atoms with E-state index in [0.717, 1.165) is 11.3 Å². The lowest BCUT2D eigenvalue weighted by Crippen LogP contribution is -1.98. The van der Waals surface area contributed by atoms with Gasteiger partial charge in [0.15, 0.2) is 0 Å². The fraction of sp³-hybridized carbons (Fsp3) is 0.308. The Labute approximate surface area is 116 Å². The minimum Gasteiger partial charge on any atom is -0.258 e. The Balaban J connectivity index is 2.66. The quantitative estimate of drug-likeness (QED) is 0.633. The van der Waals surface area contributed by atoms with Crippen LogP contribution in [-0.4, -0.2) is 14.7 Å². The van der Waals surface area contributed by atoms with Crippen molar-refractivity contribution in [2.24, 2.45) is 0 Å². The Morgan fingerprint density at radius 2 is 2.11 bits per heavy atom. The normalized spacial score (nSPS) is 11.0. The third-order valence-electron chi connectivity index (χ3n) is 2.81. The molecule has 2 aromatic rings. The number of aromatic nitrogens is 2. The van der Waals surface area contributed by atoms with Crippen LogP contribution in [-0.2, 0) is 0 Å². The molecule has 0 aliphatic rings. The largest absolute Gasteiger partial charge is 0.329 e. The molecule has 0 saturated carbocycles. The second-order valence-electron chi connectivity index (χ2n) is 4.69. The van der Waals surface area contributed by atoms with E-state index in [0.29, 0.717) is 5.69 Å². The van der Waals surface area contributed by atoms with Gasteiger partial charge in [-0.3, -0.25) is 10.1 Å². The summed E-state index contributed by atoms with van der Waals surface area (Å²) in [7, 11) is 0. The summed E-state index contributed by atoms with van der Waals surface area (Å²) in [5.41, 5.74) is 2.05. The van der Waals surface area contributed by atoms with E-state index in [-0.39, 0.29) is 16.8 Å². The first-order valence-corrected chi connectivity index (χ1v) is 6.29. The van der Waals surface area contributed by atoms with Crippen molar-refractivity contribution in [2.45, 2.75) is 26.7 Å². The van der Waals surface area contributed by atoms with Gasteiger partial charge in [-0.2, -0.15) is 5.10 Å². The van der Waals surface area contributed by atoms with Gasteiger partial charge in [0.05, 0.1) is 10.6 Å². The van der Waals surface area contributed by atoms with Crippen molar-refractivity contribution < 1.29 is 4.92 Å². The predicted molar refractivity (Wildman–Crippen MR) is 74.1 cm³/mol. The van der Waals surface area contributed by atoms with Crippen LogP contribution in [0.5, 0.6) is 0 Å². The van der Waals surface area contributed by atoms with Crippen LogP contribution in [0.2, 0.25) is 5.15 Å². The van der Waals surface area contributed by atoms with Crippen molar-refractivity contribution in [1.82, 2.24) is 9.78 Å². The number of hydrogen-bond acceptors (Lipinski definition) is 3. The number of rotatable bonds is 3. The fourth-order valence-electron chi connectivity index (χ4n) is 1.89. The van der Waals surface area contributed by atoms with Gasteiger partial charge in [-0.05, 0) is 24.6 Å². The molecule has 0 unspecified atom stereocenters. The SMILES string of the molecule is Cc1cccc(-n2nc(C(C)C)c([N+](=O)[O-])c2Cl)c1. The number of aryl methyl sites for hydroxylation is 1.